The second kappa shape index (κ2) is 5.44. The van der Waals surface area contributed by atoms with E-state index in [-0.39, 0.29) is 6.10 Å². The minimum atomic E-state index is -0.754. The smallest absolute Gasteiger partial charge is 0.312 e. The number of carboxylic acid groups (broad SMARTS) is 1. The van der Waals surface area contributed by atoms with Crippen molar-refractivity contribution >= 4 is 5.97 Å². The molecular weight excluding hydrogens is 256 g/mol. The molecule has 0 bridgehead atoms. The first kappa shape index (κ1) is 13.4. The maximum Gasteiger partial charge on any atom is 0.312 e. The number of para-hydroxylation sites is 1. The predicted octanol–water partition coefficient (Wildman–Crippen LogP) is 2.73. The van der Waals surface area contributed by atoms with Gasteiger partial charge in [0.2, 0.25) is 0 Å². The summed E-state index contributed by atoms with van der Waals surface area (Å²) >= 11 is 0. The Hall–Kier alpha value is -1.55. The minimum Gasteiger partial charge on any atom is -0.494 e. The fourth-order valence-electron chi connectivity index (χ4n) is 3.13. The highest BCUT2D eigenvalue weighted by Gasteiger charge is 2.55. The van der Waals surface area contributed by atoms with E-state index in [0.29, 0.717) is 32.0 Å². The van der Waals surface area contributed by atoms with Gasteiger partial charge in [0.25, 0.3) is 0 Å². The van der Waals surface area contributed by atoms with Crippen LogP contribution >= 0.6 is 0 Å². The molecule has 1 aromatic carbocycles. The molecule has 4 heteroatoms. The van der Waals surface area contributed by atoms with E-state index in [9.17, 15) is 9.90 Å². The Morgan fingerprint density at radius 1 is 1.35 bits per heavy atom. The van der Waals surface area contributed by atoms with Gasteiger partial charge in [0, 0.05) is 13.0 Å². The lowest BCUT2D eigenvalue weighted by Crippen LogP contribution is -2.41. The zero-order chi connectivity index (χ0) is 14.0. The molecule has 0 amide bonds. The molecule has 3 rings (SSSR count). The molecule has 0 spiro atoms. The average Bonchev–Trinajstić information content (AvgIpc) is 3.20. The molecular formula is C16H20O4. The van der Waals surface area contributed by atoms with Crippen LogP contribution in [0.2, 0.25) is 0 Å². The van der Waals surface area contributed by atoms with Crippen LogP contribution in [0, 0.1) is 11.3 Å². The summed E-state index contributed by atoms with van der Waals surface area (Å²) in [5, 5.41) is 9.67. The van der Waals surface area contributed by atoms with Crippen molar-refractivity contribution in [2.45, 2.75) is 31.8 Å². The van der Waals surface area contributed by atoms with Crippen LogP contribution in [0.25, 0.3) is 0 Å². The summed E-state index contributed by atoms with van der Waals surface area (Å²) < 4.78 is 11.4. The maximum absolute atomic E-state index is 11.8. The average molecular weight is 276 g/mol. The van der Waals surface area contributed by atoms with Crippen molar-refractivity contribution in [1.29, 1.82) is 0 Å². The van der Waals surface area contributed by atoms with Crippen LogP contribution in [0.4, 0.5) is 0 Å². The largest absolute Gasteiger partial charge is 0.494 e. The summed E-state index contributed by atoms with van der Waals surface area (Å²) in [6.07, 6.45) is 3.18. The summed E-state index contributed by atoms with van der Waals surface area (Å²) in [6, 6.07) is 9.52. The Morgan fingerprint density at radius 3 is 2.75 bits per heavy atom. The number of carbonyl (C=O) groups is 1. The third kappa shape index (κ3) is 2.52. The summed E-state index contributed by atoms with van der Waals surface area (Å²) in [5.74, 6) is 0.490. The van der Waals surface area contributed by atoms with E-state index in [4.69, 9.17) is 9.47 Å². The van der Waals surface area contributed by atoms with Gasteiger partial charge in [-0.05, 0) is 37.3 Å². The van der Waals surface area contributed by atoms with Gasteiger partial charge in [0.05, 0.1) is 18.1 Å². The molecule has 1 aliphatic heterocycles. The van der Waals surface area contributed by atoms with Gasteiger partial charge in [-0.25, -0.2) is 0 Å². The molecule has 2 unspecified atom stereocenters. The number of ether oxygens (including phenoxy) is 2. The molecule has 4 nitrogen and oxygen atoms in total. The first-order valence-corrected chi connectivity index (χ1v) is 7.25. The standard InChI is InChI=1S/C16H20O4/c17-15(18)16(9-11-20-14(16)12-6-7-12)8-10-19-13-4-2-1-3-5-13/h1-5,12,14H,6-11H2,(H,17,18). The molecule has 1 saturated heterocycles. The molecule has 20 heavy (non-hydrogen) atoms. The first-order valence-electron chi connectivity index (χ1n) is 7.25. The molecule has 1 heterocycles. The van der Waals surface area contributed by atoms with E-state index in [1.54, 1.807) is 0 Å². The molecule has 1 N–H and O–H groups in total. The van der Waals surface area contributed by atoms with Crippen molar-refractivity contribution in [3.05, 3.63) is 30.3 Å². The van der Waals surface area contributed by atoms with Crippen LogP contribution in [0.5, 0.6) is 5.75 Å². The molecule has 2 fully saturated rings. The lowest BCUT2D eigenvalue weighted by molar-refractivity contribution is -0.154. The van der Waals surface area contributed by atoms with Crippen molar-refractivity contribution in [2.75, 3.05) is 13.2 Å². The SMILES string of the molecule is O=C(O)C1(CCOc2ccccc2)CCOC1C1CC1. The topological polar surface area (TPSA) is 55.8 Å². The van der Waals surface area contributed by atoms with E-state index in [1.165, 1.54) is 0 Å². The van der Waals surface area contributed by atoms with Gasteiger partial charge < -0.3 is 14.6 Å². The van der Waals surface area contributed by atoms with Gasteiger partial charge in [0.15, 0.2) is 0 Å². The highest BCUT2D eigenvalue weighted by Crippen LogP contribution is 2.49. The molecule has 108 valence electrons. The number of aliphatic carboxylic acids is 1. The fraction of sp³-hybridized carbons (Fsp3) is 0.562. The number of hydrogen-bond donors (Lipinski definition) is 1. The zero-order valence-corrected chi connectivity index (χ0v) is 11.5. The lowest BCUT2D eigenvalue weighted by atomic mass is 9.76. The van der Waals surface area contributed by atoms with Crippen LogP contribution in [0.3, 0.4) is 0 Å². The lowest BCUT2D eigenvalue weighted by Gasteiger charge is -2.29. The number of carboxylic acids is 1. The molecule has 2 atom stereocenters. The highest BCUT2D eigenvalue weighted by molar-refractivity contribution is 5.76. The summed E-state index contributed by atoms with van der Waals surface area (Å²) in [4.78, 5) is 11.8. The minimum absolute atomic E-state index is 0.126. The van der Waals surface area contributed by atoms with Crippen LogP contribution in [-0.4, -0.2) is 30.4 Å². The van der Waals surface area contributed by atoms with Gasteiger partial charge in [-0.3, -0.25) is 4.79 Å². The summed E-state index contributed by atoms with van der Waals surface area (Å²) in [6.45, 7) is 0.974. The van der Waals surface area contributed by atoms with E-state index in [0.717, 1.165) is 18.6 Å². The van der Waals surface area contributed by atoms with Crippen LogP contribution < -0.4 is 4.74 Å². The third-order valence-corrected chi connectivity index (χ3v) is 4.43. The van der Waals surface area contributed by atoms with Crippen molar-refractivity contribution in [3.63, 3.8) is 0 Å². The Labute approximate surface area is 118 Å². The normalized spacial score (nSPS) is 29.3. The molecule has 1 saturated carbocycles. The summed E-state index contributed by atoms with van der Waals surface area (Å²) in [5.41, 5.74) is -0.754. The second-order valence-corrected chi connectivity index (χ2v) is 5.75. The molecule has 2 aliphatic rings. The summed E-state index contributed by atoms with van der Waals surface area (Å²) in [7, 11) is 0. The molecule has 0 radical (unpaired) electrons. The Balaban J connectivity index is 1.64. The van der Waals surface area contributed by atoms with Gasteiger partial charge in [0.1, 0.15) is 5.75 Å². The Bertz CT molecular complexity index is 469. The number of hydrogen-bond acceptors (Lipinski definition) is 3. The highest BCUT2D eigenvalue weighted by atomic mass is 16.5. The Morgan fingerprint density at radius 2 is 2.10 bits per heavy atom. The third-order valence-electron chi connectivity index (χ3n) is 4.43. The van der Waals surface area contributed by atoms with Gasteiger partial charge >= 0.3 is 5.97 Å². The van der Waals surface area contributed by atoms with Gasteiger partial charge in [-0.2, -0.15) is 0 Å². The van der Waals surface area contributed by atoms with E-state index < -0.39 is 11.4 Å². The second-order valence-electron chi connectivity index (χ2n) is 5.75. The van der Waals surface area contributed by atoms with Gasteiger partial charge in [-0.1, -0.05) is 18.2 Å². The van der Waals surface area contributed by atoms with Crippen molar-refractivity contribution in [3.8, 4) is 5.75 Å². The molecule has 0 aromatic heterocycles. The van der Waals surface area contributed by atoms with Gasteiger partial charge in [-0.15, -0.1) is 0 Å². The zero-order valence-electron chi connectivity index (χ0n) is 11.5. The van der Waals surface area contributed by atoms with Crippen LogP contribution in [0.1, 0.15) is 25.7 Å². The quantitative estimate of drug-likeness (QED) is 0.868. The number of benzene rings is 1. The monoisotopic (exact) mass is 276 g/mol. The fourth-order valence-corrected chi connectivity index (χ4v) is 3.13. The molecule has 1 aliphatic carbocycles. The van der Waals surface area contributed by atoms with Crippen LogP contribution in [0.15, 0.2) is 30.3 Å². The Kier molecular flexibility index (Phi) is 3.66. The number of rotatable bonds is 6. The predicted molar refractivity (Wildman–Crippen MR) is 73.7 cm³/mol. The maximum atomic E-state index is 11.8. The van der Waals surface area contributed by atoms with Crippen molar-refractivity contribution < 1.29 is 19.4 Å². The molecule has 1 aromatic rings. The first-order chi connectivity index (χ1) is 9.72. The van der Waals surface area contributed by atoms with E-state index in [2.05, 4.69) is 0 Å². The van der Waals surface area contributed by atoms with Crippen molar-refractivity contribution in [2.24, 2.45) is 11.3 Å². The van der Waals surface area contributed by atoms with E-state index >= 15 is 0 Å². The van der Waals surface area contributed by atoms with E-state index in [1.807, 2.05) is 30.3 Å². The van der Waals surface area contributed by atoms with Crippen LogP contribution in [-0.2, 0) is 9.53 Å². The van der Waals surface area contributed by atoms with Crippen molar-refractivity contribution in [1.82, 2.24) is 0 Å².